The number of furan rings is 1. The van der Waals surface area contributed by atoms with E-state index >= 15 is 0 Å². The van der Waals surface area contributed by atoms with Crippen molar-refractivity contribution in [1.82, 2.24) is 4.98 Å². The van der Waals surface area contributed by atoms with Gasteiger partial charge in [-0.3, -0.25) is 14.0 Å². The number of aryl methyl sites for hydroxylation is 2. The van der Waals surface area contributed by atoms with Crippen molar-refractivity contribution in [3.8, 4) is 0 Å². The number of carbonyl (C=O) groups excluding carboxylic acids is 1. The molecule has 0 saturated carbocycles. The van der Waals surface area contributed by atoms with Crippen LogP contribution in [0.1, 0.15) is 27.2 Å². The number of fused-ring (bicyclic) bond motifs is 1. The van der Waals surface area contributed by atoms with Crippen LogP contribution < -0.4 is 9.21 Å². The number of sulfonamides is 1. The fraction of sp³-hybridized carbons (Fsp3) is 0.143. The Hall–Kier alpha value is -3.95. The van der Waals surface area contributed by atoms with Crippen molar-refractivity contribution < 1.29 is 17.6 Å². The van der Waals surface area contributed by atoms with Gasteiger partial charge in [0, 0.05) is 12.6 Å². The summed E-state index contributed by atoms with van der Waals surface area (Å²) >= 11 is 1.45. The molecule has 0 fully saturated rings. The van der Waals surface area contributed by atoms with E-state index in [1.54, 1.807) is 47.6 Å². The number of aromatic nitrogens is 1. The Morgan fingerprint density at radius 3 is 2.27 bits per heavy atom. The van der Waals surface area contributed by atoms with Gasteiger partial charge in [-0.2, -0.15) is 0 Å². The maximum absolute atomic E-state index is 13.7. The highest BCUT2D eigenvalue weighted by molar-refractivity contribution is 7.92. The summed E-state index contributed by atoms with van der Waals surface area (Å²) in [5.41, 5.74) is 3.88. The number of benzene rings is 3. The Morgan fingerprint density at radius 2 is 1.62 bits per heavy atom. The third kappa shape index (κ3) is 4.75. The van der Waals surface area contributed by atoms with E-state index in [9.17, 15) is 13.2 Å². The lowest BCUT2D eigenvalue weighted by Gasteiger charge is -2.21. The van der Waals surface area contributed by atoms with Crippen LogP contribution in [0.5, 0.6) is 0 Å². The summed E-state index contributed by atoms with van der Waals surface area (Å²) < 4.78 is 34.1. The molecule has 3 aromatic carbocycles. The summed E-state index contributed by atoms with van der Waals surface area (Å²) in [6.07, 6.45) is 1.56. The molecule has 0 N–H and O–H groups in total. The predicted octanol–water partition coefficient (Wildman–Crippen LogP) is 6.18. The highest BCUT2D eigenvalue weighted by Crippen LogP contribution is 2.34. The van der Waals surface area contributed by atoms with Gasteiger partial charge in [-0.25, -0.2) is 13.4 Å². The van der Waals surface area contributed by atoms with Crippen LogP contribution in [0.25, 0.3) is 10.2 Å². The first kappa shape index (κ1) is 24.7. The number of nitrogens with zero attached hydrogens (tertiary/aromatic N) is 3. The van der Waals surface area contributed by atoms with Crippen molar-refractivity contribution in [2.75, 3.05) is 16.3 Å². The van der Waals surface area contributed by atoms with Gasteiger partial charge in [0.05, 0.1) is 33.6 Å². The monoisotopic (exact) mass is 531 g/mol. The van der Waals surface area contributed by atoms with Crippen LogP contribution in [0, 0.1) is 13.8 Å². The second-order valence-corrected chi connectivity index (χ2v) is 11.6. The number of hydrogen-bond acceptors (Lipinski definition) is 6. The number of amides is 1. The van der Waals surface area contributed by atoms with Crippen molar-refractivity contribution in [2.45, 2.75) is 25.3 Å². The molecule has 5 rings (SSSR count). The number of carbonyl (C=O) groups is 1. The summed E-state index contributed by atoms with van der Waals surface area (Å²) in [7, 11) is -2.29. The van der Waals surface area contributed by atoms with Gasteiger partial charge in [0.15, 0.2) is 5.13 Å². The van der Waals surface area contributed by atoms with Gasteiger partial charge in [0.25, 0.3) is 15.9 Å². The predicted molar refractivity (Wildman–Crippen MR) is 147 cm³/mol. The summed E-state index contributed by atoms with van der Waals surface area (Å²) in [6, 6.07) is 22.5. The molecule has 0 saturated heterocycles. The highest BCUT2D eigenvalue weighted by Gasteiger charge is 2.25. The second-order valence-electron chi connectivity index (χ2n) is 8.68. The molecule has 0 radical (unpaired) electrons. The van der Waals surface area contributed by atoms with Crippen molar-refractivity contribution in [3.63, 3.8) is 0 Å². The standard InChI is InChI=1S/C28H25N3O4S2/c1-19-11-12-20(2)26-25(19)29-28(36-26)31(18-23-10-7-17-35-23)27(32)21-13-15-24(16-14-21)37(33,34)30(3)22-8-5-4-6-9-22/h4-17H,18H2,1-3H3. The van der Waals surface area contributed by atoms with E-state index in [-0.39, 0.29) is 17.3 Å². The minimum atomic E-state index is -3.79. The summed E-state index contributed by atoms with van der Waals surface area (Å²) in [6.45, 7) is 4.21. The molecule has 0 spiro atoms. The minimum absolute atomic E-state index is 0.0965. The normalized spacial score (nSPS) is 11.5. The Labute approximate surface area is 219 Å². The first-order valence-electron chi connectivity index (χ1n) is 11.6. The average Bonchev–Trinajstić information content (AvgIpc) is 3.60. The van der Waals surface area contributed by atoms with E-state index in [1.807, 2.05) is 32.0 Å². The zero-order chi connectivity index (χ0) is 26.2. The molecule has 0 aliphatic carbocycles. The zero-order valence-electron chi connectivity index (χ0n) is 20.6. The molecular formula is C28H25N3O4S2. The fourth-order valence-electron chi connectivity index (χ4n) is 4.01. The first-order chi connectivity index (χ1) is 17.8. The van der Waals surface area contributed by atoms with E-state index in [2.05, 4.69) is 0 Å². The molecule has 0 atom stereocenters. The first-order valence-corrected chi connectivity index (χ1v) is 13.9. The fourth-order valence-corrected chi connectivity index (χ4v) is 6.31. The van der Waals surface area contributed by atoms with Gasteiger partial charge < -0.3 is 4.42 Å². The van der Waals surface area contributed by atoms with Crippen LogP contribution in [0.2, 0.25) is 0 Å². The van der Waals surface area contributed by atoms with Gasteiger partial charge in [0.2, 0.25) is 0 Å². The van der Waals surface area contributed by atoms with E-state index in [1.165, 1.54) is 47.0 Å². The lowest BCUT2D eigenvalue weighted by atomic mass is 10.1. The molecular weight excluding hydrogens is 506 g/mol. The SMILES string of the molecule is Cc1ccc(C)c2sc(N(Cc3ccco3)C(=O)c3ccc(S(=O)(=O)N(C)c4ccccc4)cc3)nc12. The van der Waals surface area contributed by atoms with Crippen LogP contribution in [-0.2, 0) is 16.6 Å². The maximum atomic E-state index is 13.7. The van der Waals surface area contributed by atoms with E-state index in [0.717, 1.165) is 21.3 Å². The molecule has 2 heterocycles. The molecule has 5 aromatic rings. The Bertz CT molecular complexity index is 1620. The van der Waals surface area contributed by atoms with Crippen molar-refractivity contribution in [1.29, 1.82) is 0 Å². The molecule has 0 aliphatic heterocycles. The van der Waals surface area contributed by atoms with Gasteiger partial charge in [-0.05, 0) is 73.5 Å². The Kier molecular flexibility index (Phi) is 6.57. The molecule has 0 unspecified atom stereocenters. The van der Waals surface area contributed by atoms with Crippen LogP contribution in [0.4, 0.5) is 10.8 Å². The lowest BCUT2D eigenvalue weighted by Crippen LogP contribution is -2.30. The molecule has 188 valence electrons. The molecule has 2 aromatic heterocycles. The second kappa shape index (κ2) is 9.84. The summed E-state index contributed by atoms with van der Waals surface area (Å²) in [4.78, 5) is 20.2. The largest absolute Gasteiger partial charge is 0.467 e. The lowest BCUT2D eigenvalue weighted by molar-refractivity contribution is 0.0983. The van der Waals surface area contributed by atoms with E-state index in [0.29, 0.717) is 22.1 Å². The Balaban J connectivity index is 1.49. The van der Waals surface area contributed by atoms with Crippen molar-refractivity contribution >= 4 is 48.3 Å². The molecule has 37 heavy (non-hydrogen) atoms. The number of thiazole rings is 1. The number of hydrogen-bond donors (Lipinski definition) is 0. The van der Waals surface area contributed by atoms with E-state index in [4.69, 9.17) is 9.40 Å². The van der Waals surface area contributed by atoms with Crippen LogP contribution in [0.15, 0.2) is 94.4 Å². The minimum Gasteiger partial charge on any atom is -0.467 e. The van der Waals surface area contributed by atoms with Gasteiger partial charge >= 0.3 is 0 Å². The third-order valence-corrected chi connectivity index (χ3v) is 9.19. The maximum Gasteiger partial charge on any atom is 0.264 e. The van der Waals surface area contributed by atoms with Gasteiger partial charge in [0.1, 0.15) is 5.76 Å². The van der Waals surface area contributed by atoms with Crippen LogP contribution >= 0.6 is 11.3 Å². The smallest absolute Gasteiger partial charge is 0.264 e. The molecule has 9 heteroatoms. The molecule has 0 aliphatic rings. The number of para-hydroxylation sites is 1. The van der Waals surface area contributed by atoms with Crippen LogP contribution in [0.3, 0.4) is 0 Å². The number of rotatable bonds is 7. The topological polar surface area (TPSA) is 83.7 Å². The highest BCUT2D eigenvalue weighted by atomic mass is 32.2. The summed E-state index contributed by atoms with van der Waals surface area (Å²) in [5, 5.41) is 0.550. The van der Waals surface area contributed by atoms with Crippen molar-refractivity contribution in [2.24, 2.45) is 0 Å². The van der Waals surface area contributed by atoms with Gasteiger partial charge in [-0.15, -0.1) is 0 Å². The third-order valence-electron chi connectivity index (χ3n) is 6.18. The van der Waals surface area contributed by atoms with E-state index < -0.39 is 10.0 Å². The quantitative estimate of drug-likeness (QED) is 0.250. The van der Waals surface area contributed by atoms with Gasteiger partial charge in [-0.1, -0.05) is 41.7 Å². The van der Waals surface area contributed by atoms with Crippen molar-refractivity contribution in [3.05, 3.63) is 108 Å². The summed E-state index contributed by atoms with van der Waals surface area (Å²) in [5.74, 6) is 0.316. The molecule has 0 bridgehead atoms. The van der Waals surface area contributed by atoms with Crippen LogP contribution in [-0.4, -0.2) is 26.4 Å². The average molecular weight is 532 g/mol. The molecule has 1 amide bonds. The molecule has 7 nitrogen and oxygen atoms in total. The number of anilines is 2. The Morgan fingerprint density at radius 1 is 0.919 bits per heavy atom. The zero-order valence-corrected chi connectivity index (χ0v) is 22.2.